The van der Waals surface area contributed by atoms with Gasteiger partial charge in [-0.25, -0.2) is 0 Å². The Balaban J connectivity index is 2.14. The molecule has 20 heavy (non-hydrogen) atoms. The molecule has 0 bridgehead atoms. The minimum Gasteiger partial charge on any atom is -0.469 e. The lowest BCUT2D eigenvalue weighted by Gasteiger charge is -2.18. The van der Waals surface area contributed by atoms with E-state index in [1.807, 2.05) is 25.6 Å². The smallest absolute Gasteiger partial charge is 0.101 e. The highest BCUT2D eigenvalue weighted by molar-refractivity contribution is 5.85. The fraction of sp³-hybridized carbons (Fsp3) is 0.235. The average Bonchev–Trinajstić information content (AvgIpc) is 2.91. The first-order valence-electron chi connectivity index (χ1n) is 6.90. The van der Waals surface area contributed by atoms with Crippen molar-refractivity contribution >= 4 is 10.8 Å². The molecular weight excluding hydrogens is 248 g/mol. The largest absolute Gasteiger partial charge is 0.469 e. The van der Waals surface area contributed by atoms with Gasteiger partial charge < -0.3 is 9.73 Å². The molecule has 2 aromatic heterocycles. The van der Waals surface area contributed by atoms with Crippen LogP contribution in [0.3, 0.4) is 0 Å². The highest BCUT2D eigenvalue weighted by atomic mass is 16.3. The number of hydrogen-bond donors (Lipinski definition) is 1. The lowest BCUT2D eigenvalue weighted by Crippen LogP contribution is -2.21. The number of rotatable bonds is 4. The van der Waals surface area contributed by atoms with Crippen molar-refractivity contribution in [1.29, 1.82) is 0 Å². The molecule has 0 aliphatic carbocycles. The molecule has 102 valence electrons. The molecule has 0 amide bonds. The number of furan rings is 1. The minimum atomic E-state index is 0.142. The summed E-state index contributed by atoms with van der Waals surface area (Å²) in [6.45, 7) is 4.99. The van der Waals surface area contributed by atoms with Gasteiger partial charge in [0.1, 0.15) is 5.76 Å². The summed E-state index contributed by atoms with van der Waals surface area (Å²) in [5.41, 5.74) is 2.42. The fourth-order valence-electron chi connectivity index (χ4n) is 2.63. The standard InChI is InChI=1S/C17H18N2O/c1-3-19-17(14-9-12(2)20-11-14)16-6-4-5-13-10-18-8-7-15(13)16/h4-11,17,19H,3H2,1-2H3. The predicted molar refractivity (Wildman–Crippen MR) is 80.7 cm³/mol. The second kappa shape index (κ2) is 5.47. The third-order valence-corrected chi connectivity index (χ3v) is 3.52. The van der Waals surface area contributed by atoms with Gasteiger partial charge in [-0.3, -0.25) is 4.98 Å². The average molecular weight is 266 g/mol. The van der Waals surface area contributed by atoms with Crippen LogP contribution in [0.2, 0.25) is 0 Å². The van der Waals surface area contributed by atoms with Crippen LogP contribution in [-0.4, -0.2) is 11.5 Å². The predicted octanol–water partition coefficient (Wildman–Crippen LogP) is 3.84. The number of fused-ring (bicyclic) bond motifs is 1. The van der Waals surface area contributed by atoms with Crippen LogP contribution in [0.1, 0.15) is 29.9 Å². The lowest BCUT2D eigenvalue weighted by atomic mass is 9.96. The molecule has 0 saturated heterocycles. The summed E-state index contributed by atoms with van der Waals surface area (Å²) in [7, 11) is 0. The maximum Gasteiger partial charge on any atom is 0.101 e. The van der Waals surface area contributed by atoms with E-state index in [0.29, 0.717) is 0 Å². The zero-order valence-corrected chi connectivity index (χ0v) is 11.8. The Hall–Kier alpha value is -2.13. The zero-order chi connectivity index (χ0) is 13.9. The van der Waals surface area contributed by atoms with Gasteiger partial charge in [-0.05, 0) is 36.6 Å². The van der Waals surface area contributed by atoms with Crippen molar-refractivity contribution in [2.24, 2.45) is 0 Å². The topological polar surface area (TPSA) is 38.1 Å². The zero-order valence-electron chi connectivity index (χ0n) is 11.8. The van der Waals surface area contributed by atoms with Gasteiger partial charge >= 0.3 is 0 Å². The lowest BCUT2D eigenvalue weighted by molar-refractivity contribution is 0.526. The first kappa shape index (κ1) is 12.9. The van der Waals surface area contributed by atoms with Gasteiger partial charge in [-0.1, -0.05) is 25.1 Å². The van der Waals surface area contributed by atoms with E-state index in [1.54, 1.807) is 0 Å². The van der Waals surface area contributed by atoms with E-state index in [-0.39, 0.29) is 6.04 Å². The molecule has 3 nitrogen and oxygen atoms in total. The third kappa shape index (κ3) is 2.32. The van der Waals surface area contributed by atoms with Gasteiger partial charge in [-0.2, -0.15) is 0 Å². The fourth-order valence-corrected chi connectivity index (χ4v) is 2.63. The molecule has 0 aliphatic heterocycles. The van der Waals surface area contributed by atoms with E-state index in [2.05, 4.69) is 47.6 Å². The van der Waals surface area contributed by atoms with E-state index >= 15 is 0 Å². The van der Waals surface area contributed by atoms with Crippen LogP contribution in [0.4, 0.5) is 0 Å². The summed E-state index contributed by atoms with van der Waals surface area (Å²) in [6.07, 6.45) is 5.58. The molecule has 3 heteroatoms. The highest BCUT2D eigenvalue weighted by Crippen LogP contribution is 2.29. The summed E-state index contributed by atoms with van der Waals surface area (Å²) in [5.74, 6) is 0.935. The summed E-state index contributed by atoms with van der Waals surface area (Å²) < 4.78 is 5.47. The van der Waals surface area contributed by atoms with Crippen LogP contribution >= 0.6 is 0 Å². The van der Waals surface area contributed by atoms with E-state index < -0.39 is 0 Å². The molecule has 0 saturated carbocycles. The second-order valence-electron chi connectivity index (χ2n) is 4.93. The quantitative estimate of drug-likeness (QED) is 0.779. The summed E-state index contributed by atoms with van der Waals surface area (Å²) in [5, 5.41) is 5.93. The van der Waals surface area contributed by atoms with Crippen LogP contribution in [0.5, 0.6) is 0 Å². The Kier molecular flexibility index (Phi) is 3.52. The number of hydrogen-bond acceptors (Lipinski definition) is 3. The SMILES string of the molecule is CCNC(c1coc(C)c1)c1cccc2cnccc12. The van der Waals surface area contributed by atoms with Gasteiger partial charge in [-0.15, -0.1) is 0 Å². The van der Waals surface area contributed by atoms with Gasteiger partial charge in [0, 0.05) is 23.3 Å². The van der Waals surface area contributed by atoms with Crippen LogP contribution in [0.25, 0.3) is 10.8 Å². The molecule has 0 spiro atoms. The number of benzene rings is 1. The third-order valence-electron chi connectivity index (χ3n) is 3.52. The summed E-state index contributed by atoms with van der Waals surface area (Å²) >= 11 is 0. The van der Waals surface area contributed by atoms with Crippen molar-refractivity contribution in [2.45, 2.75) is 19.9 Å². The Morgan fingerprint density at radius 2 is 2.20 bits per heavy atom. The monoisotopic (exact) mass is 266 g/mol. The first-order valence-corrected chi connectivity index (χ1v) is 6.90. The van der Waals surface area contributed by atoms with Crippen molar-refractivity contribution in [3.63, 3.8) is 0 Å². The van der Waals surface area contributed by atoms with Crippen LogP contribution < -0.4 is 5.32 Å². The maximum atomic E-state index is 5.47. The minimum absolute atomic E-state index is 0.142. The first-order chi connectivity index (χ1) is 9.79. The molecular formula is C17H18N2O. The number of pyridine rings is 1. The second-order valence-corrected chi connectivity index (χ2v) is 4.93. The van der Waals surface area contributed by atoms with Gasteiger partial charge in [0.05, 0.1) is 12.3 Å². The molecule has 2 heterocycles. The molecule has 0 fully saturated rings. The van der Waals surface area contributed by atoms with Crippen LogP contribution in [0.15, 0.2) is 53.4 Å². The molecule has 1 atom stereocenters. The van der Waals surface area contributed by atoms with E-state index in [1.165, 1.54) is 10.9 Å². The van der Waals surface area contributed by atoms with Gasteiger partial charge in [0.15, 0.2) is 0 Å². The number of aromatic nitrogens is 1. The van der Waals surface area contributed by atoms with Crippen molar-refractivity contribution in [2.75, 3.05) is 6.54 Å². The maximum absolute atomic E-state index is 5.47. The Morgan fingerprint density at radius 3 is 2.95 bits per heavy atom. The summed E-state index contributed by atoms with van der Waals surface area (Å²) in [6, 6.07) is 10.6. The Morgan fingerprint density at radius 1 is 1.30 bits per heavy atom. The van der Waals surface area contributed by atoms with Gasteiger partial charge in [0.25, 0.3) is 0 Å². The van der Waals surface area contributed by atoms with Crippen LogP contribution in [-0.2, 0) is 0 Å². The molecule has 1 N–H and O–H groups in total. The van der Waals surface area contributed by atoms with Crippen molar-refractivity contribution in [3.05, 3.63) is 65.9 Å². The number of nitrogens with one attached hydrogen (secondary N) is 1. The molecule has 3 aromatic rings. The van der Waals surface area contributed by atoms with Crippen LogP contribution in [0, 0.1) is 6.92 Å². The normalized spacial score (nSPS) is 12.7. The van der Waals surface area contributed by atoms with Gasteiger partial charge in [0.2, 0.25) is 0 Å². The molecule has 1 unspecified atom stereocenters. The van der Waals surface area contributed by atoms with Crippen molar-refractivity contribution in [1.82, 2.24) is 10.3 Å². The number of nitrogens with zero attached hydrogens (tertiary/aromatic N) is 1. The van der Waals surface area contributed by atoms with Crippen molar-refractivity contribution in [3.8, 4) is 0 Å². The highest BCUT2D eigenvalue weighted by Gasteiger charge is 2.17. The Labute approximate surface area is 118 Å². The molecule has 0 radical (unpaired) electrons. The molecule has 1 aromatic carbocycles. The van der Waals surface area contributed by atoms with E-state index in [9.17, 15) is 0 Å². The van der Waals surface area contributed by atoms with E-state index in [4.69, 9.17) is 4.42 Å². The molecule has 0 aliphatic rings. The summed E-state index contributed by atoms with van der Waals surface area (Å²) in [4.78, 5) is 4.20. The molecule has 3 rings (SSSR count). The van der Waals surface area contributed by atoms with E-state index in [0.717, 1.165) is 23.3 Å². The number of aryl methyl sites for hydroxylation is 1. The van der Waals surface area contributed by atoms with Crippen molar-refractivity contribution < 1.29 is 4.42 Å². The Bertz CT molecular complexity index is 712.